The van der Waals surface area contributed by atoms with E-state index in [0.717, 1.165) is 25.1 Å². The molecule has 2 aliphatic rings. The van der Waals surface area contributed by atoms with Crippen molar-refractivity contribution in [2.24, 2.45) is 0 Å². The zero-order valence-corrected chi connectivity index (χ0v) is 7.61. The van der Waals surface area contributed by atoms with Crippen LogP contribution >= 0.6 is 0 Å². The Hall–Kier alpha value is -0.830. The van der Waals surface area contributed by atoms with E-state index in [1.807, 2.05) is 6.20 Å². The zero-order valence-electron chi connectivity index (χ0n) is 7.61. The van der Waals surface area contributed by atoms with Gasteiger partial charge in [0.25, 0.3) is 0 Å². The van der Waals surface area contributed by atoms with Crippen LogP contribution in [0.2, 0.25) is 0 Å². The molecule has 0 amide bonds. The van der Waals surface area contributed by atoms with Crippen molar-refractivity contribution in [1.82, 2.24) is 9.55 Å². The fourth-order valence-electron chi connectivity index (χ4n) is 2.18. The molecule has 1 atom stereocenters. The van der Waals surface area contributed by atoms with E-state index < -0.39 is 0 Å². The SMILES string of the molecule is OC1CCCc2cnc(C3CC3)n21. The van der Waals surface area contributed by atoms with Gasteiger partial charge in [-0.25, -0.2) is 4.98 Å². The monoisotopic (exact) mass is 178 g/mol. The number of aliphatic hydroxyl groups is 1. The third-order valence-corrected chi connectivity index (χ3v) is 3.04. The van der Waals surface area contributed by atoms with E-state index in [1.165, 1.54) is 18.5 Å². The summed E-state index contributed by atoms with van der Waals surface area (Å²) in [4.78, 5) is 4.41. The van der Waals surface area contributed by atoms with Gasteiger partial charge in [-0.1, -0.05) is 0 Å². The van der Waals surface area contributed by atoms with Gasteiger partial charge < -0.3 is 9.67 Å². The van der Waals surface area contributed by atoms with Gasteiger partial charge in [0, 0.05) is 17.8 Å². The highest BCUT2D eigenvalue weighted by atomic mass is 16.3. The van der Waals surface area contributed by atoms with Gasteiger partial charge >= 0.3 is 0 Å². The number of fused-ring (bicyclic) bond motifs is 1. The van der Waals surface area contributed by atoms with Crippen molar-refractivity contribution in [2.45, 2.75) is 44.2 Å². The smallest absolute Gasteiger partial charge is 0.132 e. The first-order chi connectivity index (χ1) is 6.36. The molecule has 0 bridgehead atoms. The van der Waals surface area contributed by atoms with Crippen LogP contribution in [0.4, 0.5) is 0 Å². The Morgan fingerprint density at radius 2 is 2.23 bits per heavy atom. The lowest BCUT2D eigenvalue weighted by Gasteiger charge is -2.22. The van der Waals surface area contributed by atoms with Gasteiger partial charge in [0.05, 0.1) is 0 Å². The molecule has 2 heterocycles. The molecule has 1 N–H and O–H groups in total. The largest absolute Gasteiger partial charge is 0.373 e. The number of aryl methyl sites for hydroxylation is 1. The predicted octanol–water partition coefficient (Wildman–Crippen LogP) is 1.59. The second-order valence-corrected chi connectivity index (χ2v) is 4.12. The van der Waals surface area contributed by atoms with Crippen LogP contribution in [0.15, 0.2) is 6.20 Å². The number of hydrogen-bond acceptors (Lipinski definition) is 2. The number of rotatable bonds is 1. The lowest BCUT2D eigenvalue weighted by atomic mass is 10.1. The van der Waals surface area contributed by atoms with Crippen molar-refractivity contribution in [2.75, 3.05) is 0 Å². The van der Waals surface area contributed by atoms with E-state index in [-0.39, 0.29) is 6.23 Å². The van der Waals surface area contributed by atoms with Crippen LogP contribution in [0.1, 0.15) is 49.3 Å². The van der Waals surface area contributed by atoms with E-state index in [9.17, 15) is 5.11 Å². The van der Waals surface area contributed by atoms with Crippen molar-refractivity contribution in [3.05, 3.63) is 17.7 Å². The number of imidazole rings is 1. The topological polar surface area (TPSA) is 38.1 Å². The zero-order chi connectivity index (χ0) is 8.84. The Morgan fingerprint density at radius 3 is 3.00 bits per heavy atom. The highest BCUT2D eigenvalue weighted by Crippen LogP contribution is 2.41. The molecule has 1 saturated carbocycles. The fraction of sp³-hybridized carbons (Fsp3) is 0.700. The first-order valence-electron chi connectivity index (χ1n) is 5.10. The summed E-state index contributed by atoms with van der Waals surface area (Å²) in [7, 11) is 0. The van der Waals surface area contributed by atoms with Crippen LogP contribution in [0, 0.1) is 0 Å². The maximum absolute atomic E-state index is 9.83. The molecule has 0 saturated heterocycles. The van der Waals surface area contributed by atoms with Crippen LogP contribution in [0.3, 0.4) is 0 Å². The molecule has 70 valence electrons. The lowest BCUT2D eigenvalue weighted by molar-refractivity contribution is 0.0758. The predicted molar refractivity (Wildman–Crippen MR) is 48.4 cm³/mol. The first-order valence-corrected chi connectivity index (χ1v) is 5.10. The van der Waals surface area contributed by atoms with Crippen molar-refractivity contribution in [1.29, 1.82) is 0 Å². The molecule has 1 unspecified atom stereocenters. The quantitative estimate of drug-likeness (QED) is 0.709. The van der Waals surface area contributed by atoms with Crippen LogP contribution in [0.25, 0.3) is 0 Å². The molecule has 3 heteroatoms. The number of aliphatic hydroxyl groups excluding tert-OH is 1. The highest BCUT2D eigenvalue weighted by Gasteiger charge is 2.32. The molecule has 0 aromatic carbocycles. The summed E-state index contributed by atoms with van der Waals surface area (Å²) >= 11 is 0. The van der Waals surface area contributed by atoms with E-state index in [0.29, 0.717) is 5.92 Å². The highest BCUT2D eigenvalue weighted by molar-refractivity contribution is 5.15. The minimum absolute atomic E-state index is 0.304. The van der Waals surface area contributed by atoms with Crippen LogP contribution in [-0.4, -0.2) is 14.7 Å². The average molecular weight is 178 g/mol. The van der Waals surface area contributed by atoms with Gasteiger partial charge in [-0.15, -0.1) is 0 Å². The maximum Gasteiger partial charge on any atom is 0.132 e. The average Bonchev–Trinajstić information content (AvgIpc) is 2.87. The van der Waals surface area contributed by atoms with Gasteiger partial charge in [0.1, 0.15) is 12.1 Å². The Morgan fingerprint density at radius 1 is 1.38 bits per heavy atom. The van der Waals surface area contributed by atoms with Gasteiger partial charge in [-0.3, -0.25) is 0 Å². The van der Waals surface area contributed by atoms with Crippen LogP contribution in [-0.2, 0) is 6.42 Å². The second-order valence-electron chi connectivity index (χ2n) is 4.12. The van der Waals surface area contributed by atoms with Gasteiger partial charge in [0.2, 0.25) is 0 Å². The van der Waals surface area contributed by atoms with E-state index in [1.54, 1.807) is 0 Å². The standard InChI is InChI=1S/C10H14N2O/c13-9-3-1-2-8-6-11-10(12(8)9)7-4-5-7/h6-7,9,13H,1-5H2. The summed E-state index contributed by atoms with van der Waals surface area (Å²) < 4.78 is 2.06. The summed E-state index contributed by atoms with van der Waals surface area (Å²) in [5, 5.41) is 9.83. The van der Waals surface area contributed by atoms with Gasteiger partial charge in [-0.2, -0.15) is 0 Å². The number of aromatic nitrogens is 2. The van der Waals surface area contributed by atoms with E-state index >= 15 is 0 Å². The molecule has 1 fully saturated rings. The summed E-state index contributed by atoms with van der Waals surface area (Å²) in [5.41, 5.74) is 1.22. The molecule has 1 aliphatic carbocycles. The summed E-state index contributed by atoms with van der Waals surface area (Å²) in [5.74, 6) is 1.77. The minimum atomic E-state index is -0.304. The van der Waals surface area contributed by atoms with Gasteiger partial charge in [-0.05, 0) is 32.1 Å². The summed E-state index contributed by atoms with van der Waals surface area (Å²) in [6.07, 6.45) is 7.21. The Balaban J connectivity index is 2.06. The molecule has 3 rings (SSSR count). The minimum Gasteiger partial charge on any atom is -0.373 e. The fourth-order valence-corrected chi connectivity index (χ4v) is 2.18. The normalized spacial score (nSPS) is 27.3. The van der Waals surface area contributed by atoms with Crippen LogP contribution in [0.5, 0.6) is 0 Å². The molecular formula is C10H14N2O. The van der Waals surface area contributed by atoms with Crippen LogP contribution < -0.4 is 0 Å². The molecule has 1 aliphatic heterocycles. The summed E-state index contributed by atoms with van der Waals surface area (Å²) in [6.45, 7) is 0. The van der Waals surface area contributed by atoms with Crippen molar-refractivity contribution >= 4 is 0 Å². The Bertz CT molecular complexity index is 328. The number of nitrogens with zero attached hydrogens (tertiary/aromatic N) is 2. The molecule has 0 radical (unpaired) electrons. The third kappa shape index (κ3) is 1.10. The Kier molecular flexibility index (Phi) is 1.50. The van der Waals surface area contributed by atoms with E-state index in [4.69, 9.17) is 0 Å². The first kappa shape index (κ1) is 7.56. The molecular weight excluding hydrogens is 164 g/mol. The molecule has 1 aromatic heterocycles. The van der Waals surface area contributed by atoms with E-state index in [2.05, 4.69) is 9.55 Å². The van der Waals surface area contributed by atoms with Crippen molar-refractivity contribution < 1.29 is 5.11 Å². The molecule has 3 nitrogen and oxygen atoms in total. The Labute approximate surface area is 77.4 Å². The van der Waals surface area contributed by atoms with Gasteiger partial charge in [0.15, 0.2) is 0 Å². The maximum atomic E-state index is 9.83. The third-order valence-electron chi connectivity index (χ3n) is 3.04. The summed E-state index contributed by atoms with van der Waals surface area (Å²) in [6, 6.07) is 0. The van der Waals surface area contributed by atoms with Crippen molar-refractivity contribution in [3.8, 4) is 0 Å². The lowest BCUT2D eigenvalue weighted by Crippen LogP contribution is -2.18. The molecule has 1 aromatic rings. The molecule has 0 spiro atoms. The number of hydrogen-bond donors (Lipinski definition) is 1. The molecule has 13 heavy (non-hydrogen) atoms. The second kappa shape index (κ2) is 2.58. The van der Waals surface area contributed by atoms with Crippen molar-refractivity contribution in [3.63, 3.8) is 0 Å².